The minimum atomic E-state index is -0.0843. The number of ether oxygens (including phenoxy) is 2. The van der Waals surface area contributed by atoms with Crippen molar-refractivity contribution >= 4 is 11.7 Å². The Morgan fingerprint density at radius 1 is 1.26 bits per heavy atom. The third-order valence-corrected chi connectivity index (χ3v) is 4.55. The second-order valence-corrected chi connectivity index (χ2v) is 6.38. The van der Waals surface area contributed by atoms with E-state index in [-0.39, 0.29) is 12.8 Å². The second-order valence-electron chi connectivity index (χ2n) is 6.38. The molecule has 3 aromatic rings. The van der Waals surface area contributed by atoms with E-state index in [1.807, 2.05) is 60.1 Å². The van der Waals surface area contributed by atoms with Gasteiger partial charge in [-0.05, 0) is 36.8 Å². The Balaban J connectivity index is 1.32. The first-order chi connectivity index (χ1) is 13.2. The molecule has 7 nitrogen and oxygen atoms in total. The number of hydrogen-bond donors (Lipinski definition) is 1. The number of nitrogens with zero attached hydrogens (tertiary/aromatic N) is 3. The lowest BCUT2D eigenvalue weighted by Gasteiger charge is -2.21. The topological polar surface area (TPSA) is 68.1 Å². The molecule has 7 heteroatoms. The Morgan fingerprint density at radius 2 is 2.15 bits per heavy atom. The minimum absolute atomic E-state index is 0.0843. The van der Waals surface area contributed by atoms with Gasteiger partial charge in [0.25, 0.3) is 0 Å². The first kappa shape index (κ1) is 17.2. The van der Waals surface area contributed by atoms with Crippen LogP contribution < -0.4 is 14.8 Å². The summed E-state index contributed by atoms with van der Waals surface area (Å²) in [5.74, 6) is 1.48. The van der Waals surface area contributed by atoms with Gasteiger partial charge in [-0.3, -0.25) is 0 Å². The van der Waals surface area contributed by atoms with Crippen molar-refractivity contribution in [2.75, 3.05) is 19.9 Å². The van der Waals surface area contributed by atoms with E-state index < -0.39 is 0 Å². The summed E-state index contributed by atoms with van der Waals surface area (Å²) in [6.45, 7) is 3.90. The van der Waals surface area contributed by atoms with E-state index in [0.717, 1.165) is 28.4 Å². The maximum atomic E-state index is 12.5. The highest BCUT2D eigenvalue weighted by molar-refractivity contribution is 5.74. The molecule has 0 unspecified atom stereocenters. The smallest absolute Gasteiger partial charge is 0.317 e. The molecule has 0 atom stereocenters. The number of imidazole rings is 1. The van der Waals surface area contributed by atoms with Crippen LogP contribution in [0.2, 0.25) is 0 Å². The van der Waals surface area contributed by atoms with Gasteiger partial charge >= 0.3 is 6.03 Å². The van der Waals surface area contributed by atoms with Gasteiger partial charge in [0.2, 0.25) is 6.79 Å². The predicted molar refractivity (Wildman–Crippen MR) is 101 cm³/mol. The number of fused-ring (bicyclic) bond motifs is 2. The van der Waals surface area contributed by atoms with Crippen molar-refractivity contribution in [1.82, 2.24) is 19.6 Å². The van der Waals surface area contributed by atoms with Crippen LogP contribution in [0.1, 0.15) is 18.2 Å². The van der Waals surface area contributed by atoms with Crippen molar-refractivity contribution < 1.29 is 14.3 Å². The summed E-state index contributed by atoms with van der Waals surface area (Å²) in [7, 11) is 0. The van der Waals surface area contributed by atoms with Crippen LogP contribution in [0.4, 0.5) is 4.79 Å². The molecular weight excluding hydrogens is 344 g/mol. The summed E-state index contributed by atoms with van der Waals surface area (Å²) < 4.78 is 12.7. The predicted octanol–water partition coefficient (Wildman–Crippen LogP) is 2.84. The van der Waals surface area contributed by atoms with Gasteiger partial charge in [-0.15, -0.1) is 0 Å². The summed E-state index contributed by atoms with van der Waals surface area (Å²) in [4.78, 5) is 18.8. The van der Waals surface area contributed by atoms with E-state index in [1.165, 1.54) is 0 Å². The zero-order valence-electron chi connectivity index (χ0n) is 15.2. The number of rotatable bonds is 6. The van der Waals surface area contributed by atoms with E-state index in [9.17, 15) is 4.79 Å². The van der Waals surface area contributed by atoms with Crippen LogP contribution in [-0.2, 0) is 13.0 Å². The van der Waals surface area contributed by atoms with Crippen LogP contribution in [0, 0.1) is 0 Å². The van der Waals surface area contributed by atoms with Crippen molar-refractivity contribution in [3.05, 3.63) is 60.0 Å². The molecule has 1 aromatic carbocycles. The first-order valence-corrected chi connectivity index (χ1v) is 9.07. The average Bonchev–Trinajstić information content (AvgIpc) is 3.31. The molecule has 0 radical (unpaired) electrons. The van der Waals surface area contributed by atoms with Crippen LogP contribution in [0.25, 0.3) is 5.65 Å². The van der Waals surface area contributed by atoms with Gasteiger partial charge in [-0.2, -0.15) is 0 Å². The molecule has 1 aliphatic heterocycles. The second kappa shape index (κ2) is 7.57. The van der Waals surface area contributed by atoms with Gasteiger partial charge < -0.3 is 24.1 Å². The van der Waals surface area contributed by atoms with Crippen molar-refractivity contribution in [3.8, 4) is 11.5 Å². The number of carbonyl (C=O) groups excluding carboxylic acids is 1. The number of nitrogens with one attached hydrogen (secondary N) is 1. The van der Waals surface area contributed by atoms with Crippen LogP contribution in [-0.4, -0.2) is 40.2 Å². The molecular formula is C20H22N4O3. The molecule has 3 heterocycles. The summed E-state index contributed by atoms with van der Waals surface area (Å²) in [5, 5.41) is 2.98. The van der Waals surface area contributed by atoms with Gasteiger partial charge in [-0.1, -0.05) is 12.1 Å². The molecule has 0 aliphatic carbocycles. The lowest BCUT2D eigenvalue weighted by atomic mass is 10.2. The Kier molecular flexibility index (Phi) is 4.82. The van der Waals surface area contributed by atoms with E-state index in [2.05, 4.69) is 10.3 Å². The number of hydrogen-bond acceptors (Lipinski definition) is 4. The molecule has 0 bridgehead atoms. The number of amides is 2. The third kappa shape index (κ3) is 3.81. The largest absolute Gasteiger partial charge is 0.454 e. The summed E-state index contributed by atoms with van der Waals surface area (Å²) in [6.07, 6.45) is 4.65. The fourth-order valence-corrected chi connectivity index (χ4v) is 3.10. The van der Waals surface area contributed by atoms with Crippen molar-refractivity contribution in [2.24, 2.45) is 0 Å². The van der Waals surface area contributed by atoms with Crippen molar-refractivity contribution in [2.45, 2.75) is 19.9 Å². The number of urea groups is 1. The Hall–Kier alpha value is -3.22. The third-order valence-electron chi connectivity index (χ3n) is 4.55. The molecule has 0 spiro atoms. The van der Waals surface area contributed by atoms with E-state index in [1.54, 1.807) is 4.90 Å². The number of aromatic nitrogens is 2. The molecule has 0 fully saturated rings. The minimum Gasteiger partial charge on any atom is -0.454 e. The van der Waals surface area contributed by atoms with Gasteiger partial charge in [0.05, 0.1) is 5.69 Å². The van der Waals surface area contributed by atoms with Gasteiger partial charge in [0.1, 0.15) is 5.65 Å². The summed E-state index contributed by atoms with van der Waals surface area (Å²) in [5.41, 5.74) is 2.88. The average molecular weight is 366 g/mol. The van der Waals surface area contributed by atoms with Gasteiger partial charge in [0.15, 0.2) is 11.5 Å². The molecule has 1 aliphatic rings. The molecule has 27 heavy (non-hydrogen) atoms. The monoisotopic (exact) mass is 366 g/mol. The van der Waals surface area contributed by atoms with E-state index in [0.29, 0.717) is 26.1 Å². The van der Waals surface area contributed by atoms with Crippen LogP contribution in [0.3, 0.4) is 0 Å². The number of benzene rings is 1. The Morgan fingerprint density at radius 3 is 3.00 bits per heavy atom. The number of pyridine rings is 1. The number of carbonyl (C=O) groups is 1. The fraction of sp³-hybridized carbons (Fsp3) is 0.300. The Bertz CT molecular complexity index is 920. The fourth-order valence-electron chi connectivity index (χ4n) is 3.10. The lowest BCUT2D eigenvalue weighted by Crippen LogP contribution is -2.40. The standard InChI is InChI=1S/C20H22N4O3/c1-2-23(12-15-6-7-17-18(11-15)27-14-26-17)20(25)21-9-8-16-13-24-10-4-3-5-19(24)22-16/h3-7,10-11,13H,2,8-9,12,14H2,1H3,(H,21,25). The normalized spacial score (nSPS) is 12.3. The Labute approximate surface area is 157 Å². The SMILES string of the molecule is CCN(Cc1ccc2c(c1)OCO2)C(=O)NCCc1cn2ccccc2n1. The molecule has 2 amide bonds. The van der Waals surface area contributed by atoms with Gasteiger partial charge in [-0.25, -0.2) is 9.78 Å². The zero-order chi connectivity index (χ0) is 18.6. The molecule has 0 saturated heterocycles. The molecule has 4 rings (SSSR count). The quantitative estimate of drug-likeness (QED) is 0.728. The van der Waals surface area contributed by atoms with Crippen LogP contribution in [0.15, 0.2) is 48.8 Å². The van der Waals surface area contributed by atoms with E-state index >= 15 is 0 Å². The summed E-state index contributed by atoms with van der Waals surface area (Å²) in [6, 6.07) is 11.6. The van der Waals surface area contributed by atoms with Crippen molar-refractivity contribution in [3.63, 3.8) is 0 Å². The maximum absolute atomic E-state index is 12.5. The van der Waals surface area contributed by atoms with E-state index in [4.69, 9.17) is 9.47 Å². The molecule has 2 aromatic heterocycles. The van der Waals surface area contributed by atoms with Crippen molar-refractivity contribution in [1.29, 1.82) is 0 Å². The molecule has 0 saturated carbocycles. The maximum Gasteiger partial charge on any atom is 0.317 e. The van der Waals surface area contributed by atoms with Crippen LogP contribution in [0.5, 0.6) is 11.5 Å². The zero-order valence-corrected chi connectivity index (χ0v) is 15.2. The van der Waals surface area contributed by atoms with Gasteiger partial charge in [0, 0.05) is 38.4 Å². The lowest BCUT2D eigenvalue weighted by molar-refractivity contribution is 0.173. The van der Waals surface area contributed by atoms with Crippen LogP contribution >= 0.6 is 0 Å². The molecule has 140 valence electrons. The highest BCUT2D eigenvalue weighted by Crippen LogP contribution is 2.32. The highest BCUT2D eigenvalue weighted by atomic mass is 16.7. The summed E-state index contributed by atoms with van der Waals surface area (Å²) >= 11 is 0. The molecule has 1 N–H and O–H groups in total. The first-order valence-electron chi connectivity index (χ1n) is 9.07. The highest BCUT2D eigenvalue weighted by Gasteiger charge is 2.16.